The summed E-state index contributed by atoms with van der Waals surface area (Å²) in [4.78, 5) is 2.29. The highest BCUT2D eigenvalue weighted by molar-refractivity contribution is 6.32. The predicted molar refractivity (Wildman–Crippen MR) is 90.0 cm³/mol. The molecule has 2 aliphatic rings. The van der Waals surface area contributed by atoms with Crippen molar-refractivity contribution in [3.8, 4) is 5.75 Å². The molecule has 4 nitrogen and oxygen atoms in total. The van der Waals surface area contributed by atoms with E-state index in [-0.39, 0.29) is 24.0 Å². The third-order valence-electron chi connectivity index (χ3n) is 4.75. The summed E-state index contributed by atoms with van der Waals surface area (Å²) < 4.78 is 19.6. The molecule has 1 aliphatic carbocycles. The van der Waals surface area contributed by atoms with E-state index < -0.39 is 5.82 Å². The van der Waals surface area contributed by atoms with Gasteiger partial charge in [0.05, 0.1) is 11.6 Å². The zero-order valence-corrected chi connectivity index (χ0v) is 14.2. The molecular weight excluding hydrogens is 319 g/mol. The van der Waals surface area contributed by atoms with Gasteiger partial charge in [0.1, 0.15) is 6.61 Å². The van der Waals surface area contributed by atoms with Gasteiger partial charge in [-0.3, -0.25) is 0 Å². The van der Waals surface area contributed by atoms with Crippen LogP contribution < -0.4 is 15.0 Å². The summed E-state index contributed by atoms with van der Waals surface area (Å²) in [5.74, 6) is -0.452. The molecule has 0 spiro atoms. The molecule has 1 aromatic carbocycles. The van der Waals surface area contributed by atoms with E-state index in [9.17, 15) is 4.39 Å². The van der Waals surface area contributed by atoms with E-state index in [1.54, 1.807) is 6.07 Å². The lowest BCUT2D eigenvalue weighted by Gasteiger charge is -2.48. The van der Waals surface area contributed by atoms with Crippen LogP contribution in [0.15, 0.2) is 12.1 Å². The highest BCUT2D eigenvalue weighted by Gasteiger charge is 2.36. The van der Waals surface area contributed by atoms with Crippen molar-refractivity contribution in [2.24, 2.45) is 0 Å². The number of ether oxygens (including phenoxy) is 1. The number of hydrogen-bond donors (Lipinski definition) is 2. The fourth-order valence-corrected chi connectivity index (χ4v) is 4.08. The van der Waals surface area contributed by atoms with Gasteiger partial charge in [-0.25, -0.2) is 4.39 Å². The summed E-state index contributed by atoms with van der Waals surface area (Å²) in [7, 11) is 0. The van der Waals surface area contributed by atoms with Gasteiger partial charge >= 0.3 is 0 Å². The van der Waals surface area contributed by atoms with Crippen LogP contribution >= 0.6 is 11.6 Å². The van der Waals surface area contributed by atoms with E-state index >= 15 is 0 Å². The summed E-state index contributed by atoms with van der Waals surface area (Å²) in [6.45, 7) is 2.87. The lowest BCUT2D eigenvalue weighted by Crippen LogP contribution is -2.62. The maximum absolute atomic E-state index is 14.4. The quantitative estimate of drug-likeness (QED) is 0.883. The number of piperazine rings is 1. The number of nitrogens with one attached hydrogen (secondary N) is 1. The number of hydrogen-bond acceptors (Lipinski definition) is 4. The van der Waals surface area contributed by atoms with Gasteiger partial charge in [0, 0.05) is 36.4 Å². The van der Waals surface area contributed by atoms with Gasteiger partial charge < -0.3 is 20.1 Å². The molecule has 128 valence electrons. The molecule has 1 aromatic rings. The van der Waals surface area contributed by atoms with Crippen molar-refractivity contribution < 1.29 is 14.2 Å². The van der Waals surface area contributed by atoms with Gasteiger partial charge in [0.15, 0.2) is 11.6 Å². The zero-order valence-electron chi connectivity index (χ0n) is 13.4. The second-order valence-corrected chi connectivity index (χ2v) is 6.90. The van der Waals surface area contributed by atoms with Gasteiger partial charge in [-0.2, -0.15) is 0 Å². The monoisotopic (exact) mass is 342 g/mol. The van der Waals surface area contributed by atoms with E-state index in [2.05, 4.69) is 17.1 Å². The van der Waals surface area contributed by atoms with E-state index in [0.717, 1.165) is 18.7 Å². The van der Waals surface area contributed by atoms with Crippen molar-refractivity contribution in [2.45, 2.75) is 50.7 Å². The number of aliphatic hydroxyl groups is 1. The largest absolute Gasteiger partial charge is 0.487 e. The van der Waals surface area contributed by atoms with Crippen LogP contribution in [0, 0.1) is 5.82 Å². The average Bonchev–Trinajstić information content (AvgIpc) is 2.53. The van der Waals surface area contributed by atoms with Crippen molar-refractivity contribution >= 4 is 17.3 Å². The first-order valence-electron chi connectivity index (χ1n) is 8.35. The molecule has 1 aliphatic heterocycles. The predicted octanol–water partition coefficient (Wildman–Crippen LogP) is 2.96. The van der Waals surface area contributed by atoms with Crippen LogP contribution in [0.25, 0.3) is 0 Å². The Bertz CT molecular complexity index is 534. The van der Waals surface area contributed by atoms with Crippen LogP contribution in [0.2, 0.25) is 5.02 Å². The number of anilines is 1. The molecule has 0 aromatic heterocycles. The Morgan fingerprint density at radius 1 is 1.39 bits per heavy atom. The molecule has 0 bridgehead atoms. The Morgan fingerprint density at radius 2 is 2.17 bits per heavy atom. The fraction of sp³-hybridized carbons (Fsp3) is 0.647. The molecule has 1 saturated heterocycles. The Labute approximate surface area is 141 Å². The Morgan fingerprint density at radius 3 is 2.91 bits per heavy atom. The number of halogens is 2. The van der Waals surface area contributed by atoms with Gasteiger partial charge in [-0.15, -0.1) is 0 Å². The third kappa shape index (κ3) is 3.57. The molecule has 2 N–H and O–H groups in total. The van der Waals surface area contributed by atoms with Crippen LogP contribution in [-0.4, -0.2) is 43.0 Å². The molecule has 0 amide bonds. The second kappa shape index (κ2) is 7.24. The molecule has 2 fully saturated rings. The van der Waals surface area contributed by atoms with Crippen LogP contribution in [0.3, 0.4) is 0 Å². The molecule has 3 atom stereocenters. The molecule has 23 heavy (non-hydrogen) atoms. The van der Waals surface area contributed by atoms with Gasteiger partial charge in [-0.05, 0) is 25.8 Å². The van der Waals surface area contributed by atoms with Gasteiger partial charge in [0.2, 0.25) is 0 Å². The van der Waals surface area contributed by atoms with E-state index in [1.165, 1.54) is 25.3 Å². The van der Waals surface area contributed by atoms with Crippen LogP contribution in [0.1, 0.15) is 32.6 Å². The molecule has 3 rings (SSSR count). The SMILES string of the molecule is C[C@@H]1CN(c2cc(F)c(OCCO)c(Cl)c2)[C@H]2CCCC[C@@H]2N1. The molecule has 1 heterocycles. The van der Waals surface area contributed by atoms with E-state index in [1.807, 2.05) is 0 Å². The Balaban J connectivity index is 1.87. The van der Waals surface area contributed by atoms with E-state index in [4.69, 9.17) is 21.4 Å². The number of benzene rings is 1. The maximum Gasteiger partial charge on any atom is 0.173 e. The number of rotatable bonds is 4. The number of aliphatic hydroxyl groups excluding tert-OH is 1. The van der Waals surface area contributed by atoms with Crippen molar-refractivity contribution in [1.82, 2.24) is 5.32 Å². The molecule has 6 heteroatoms. The molecular formula is C17H24ClFN2O2. The minimum Gasteiger partial charge on any atom is -0.487 e. The van der Waals surface area contributed by atoms with Crippen molar-refractivity contribution in [3.63, 3.8) is 0 Å². The minimum absolute atomic E-state index is 0.0212. The van der Waals surface area contributed by atoms with Crippen molar-refractivity contribution in [1.29, 1.82) is 0 Å². The fourth-order valence-electron chi connectivity index (χ4n) is 3.82. The Kier molecular flexibility index (Phi) is 5.29. The van der Waals surface area contributed by atoms with E-state index in [0.29, 0.717) is 18.1 Å². The molecule has 1 saturated carbocycles. The van der Waals surface area contributed by atoms with Crippen LogP contribution in [0.4, 0.5) is 10.1 Å². The second-order valence-electron chi connectivity index (χ2n) is 6.49. The first kappa shape index (κ1) is 16.8. The molecule has 0 radical (unpaired) electrons. The van der Waals surface area contributed by atoms with Gasteiger partial charge in [0.25, 0.3) is 0 Å². The van der Waals surface area contributed by atoms with Crippen LogP contribution in [0.5, 0.6) is 5.75 Å². The Hall–Kier alpha value is -1.04. The summed E-state index contributed by atoms with van der Waals surface area (Å²) in [6.07, 6.45) is 4.74. The summed E-state index contributed by atoms with van der Waals surface area (Å²) >= 11 is 6.21. The summed E-state index contributed by atoms with van der Waals surface area (Å²) in [5.41, 5.74) is 0.814. The lowest BCUT2D eigenvalue weighted by atomic mass is 9.86. The highest BCUT2D eigenvalue weighted by atomic mass is 35.5. The zero-order chi connectivity index (χ0) is 16.4. The first-order chi connectivity index (χ1) is 11.1. The number of fused-ring (bicyclic) bond motifs is 1. The summed E-state index contributed by atoms with van der Waals surface area (Å²) in [5, 5.41) is 12.7. The topological polar surface area (TPSA) is 44.7 Å². The number of nitrogens with zero attached hydrogens (tertiary/aromatic N) is 1. The molecule has 0 unspecified atom stereocenters. The van der Waals surface area contributed by atoms with Crippen molar-refractivity contribution in [3.05, 3.63) is 23.0 Å². The first-order valence-corrected chi connectivity index (χ1v) is 8.73. The smallest absolute Gasteiger partial charge is 0.173 e. The highest BCUT2D eigenvalue weighted by Crippen LogP contribution is 2.36. The van der Waals surface area contributed by atoms with Gasteiger partial charge in [-0.1, -0.05) is 24.4 Å². The third-order valence-corrected chi connectivity index (χ3v) is 5.03. The lowest BCUT2D eigenvalue weighted by molar-refractivity contribution is 0.196. The minimum atomic E-state index is -0.473. The normalized spacial score (nSPS) is 27.7. The average molecular weight is 343 g/mol. The van der Waals surface area contributed by atoms with Crippen molar-refractivity contribution in [2.75, 3.05) is 24.7 Å². The summed E-state index contributed by atoms with van der Waals surface area (Å²) in [6, 6.07) is 4.49. The standard InChI is InChI=1S/C17H24ClFN2O2/c1-11-10-21(16-5-3-2-4-15(16)20-11)12-8-13(18)17(14(19)9-12)23-7-6-22/h8-9,11,15-16,20,22H,2-7,10H2,1H3/t11-,15+,16+/m1/s1. The maximum atomic E-state index is 14.4. The van der Waals surface area contributed by atoms with Crippen LogP contribution in [-0.2, 0) is 0 Å².